The van der Waals surface area contributed by atoms with Crippen LogP contribution in [0, 0.1) is 0 Å². The van der Waals surface area contributed by atoms with Crippen molar-refractivity contribution in [3.05, 3.63) is 51.9 Å². The van der Waals surface area contributed by atoms with Crippen LogP contribution in [0.1, 0.15) is 18.2 Å². The van der Waals surface area contributed by atoms with E-state index >= 15 is 0 Å². The first kappa shape index (κ1) is 13.9. The predicted octanol–water partition coefficient (Wildman–Crippen LogP) is 6.26. The van der Waals surface area contributed by atoms with E-state index < -0.39 is 0 Å². The van der Waals surface area contributed by atoms with E-state index in [4.69, 9.17) is 11.6 Å². The van der Waals surface area contributed by atoms with Gasteiger partial charge in [-0.25, -0.2) is 0 Å². The Morgan fingerprint density at radius 3 is 2.72 bits per heavy atom. The minimum Gasteiger partial charge on any atom is -0.136 e. The summed E-state index contributed by atoms with van der Waals surface area (Å²) in [5, 5.41) is 1.74. The van der Waals surface area contributed by atoms with Crippen LogP contribution in [-0.4, -0.2) is 5.33 Å². The third kappa shape index (κ3) is 3.25. The van der Waals surface area contributed by atoms with Gasteiger partial charge in [-0.05, 0) is 30.7 Å². The summed E-state index contributed by atoms with van der Waals surface area (Å²) in [6, 6.07) is 12.3. The van der Waals surface area contributed by atoms with Gasteiger partial charge >= 0.3 is 0 Å². The standard InChI is InChI=1S/C15H14BrClS/c1-2-11(10-16)9-12-7-8-15(18-12)13-5-3-4-6-14(13)17/h3-9H,2,10H2,1H3. The highest BCUT2D eigenvalue weighted by Gasteiger charge is 2.05. The fourth-order valence-corrected chi connectivity index (χ4v) is 3.56. The molecule has 1 aromatic carbocycles. The molecule has 0 bridgehead atoms. The van der Waals surface area contributed by atoms with E-state index in [2.05, 4.69) is 47.1 Å². The van der Waals surface area contributed by atoms with Gasteiger partial charge < -0.3 is 0 Å². The number of alkyl halides is 1. The van der Waals surface area contributed by atoms with E-state index in [1.54, 1.807) is 11.3 Å². The Kier molecular flexibility index (Phi) is 5.04. The molecule has 2 aromatic rings. The molecule has 3 heteroatoms. The van der Waals surface area contributed by atoms with Crippen LogP contribution in [-0.2, 0) is 0 Å². The number of benzene rings is 1. The molecule has 0 N–H and O–H groups in total. The summed E-state index contributed by atoms with van der Waals surface area (Å²) in [5.41, 5.74) is 2.52. The molecule has 0 aliphatic heterocycles. The molecule has 0 saturated heterocycles. The van der Waals surface area contributed by atoms with Gasteiger partial charge in [-0.3, -0.25) is 0 Å². The minimum absolute atomic E-state index is 0.811. The fraction of sp³-hybridized carbons (Fsp3) is 0.200. The number of allylic oxidation sites excluding steroid dienone is 1. The summed E-state index contributed by atoms with van der Waals surface area (Å²) in [6.07, 6.45) is 3.32. The molecule has 0 aliphatic carbocycles. The summed E-state index contributed by atoms with van der Waals surface area (Å²) in [5.74, 6) is 0. The Balaban J connectivity index is 2.32. The largest absolute Gasteiger partial charge is 0.136 e. The summed E-state index contributed by atoms with van der Waals surface area (Å²) in [6.45, 7) is 2.18. The molecular weight excluding hydrogens is 328 g/mol. The lowest BCUT2D eigenvalue weighted by Crippen LogP contribution is -1.79. The molecule has 0 spiro atoms. The molecule has 1 heterocycles. The quantitative estimate of drug-likeness (QED) is 0.576. The molecular formula is C15H14BrClS. The maximum Gasteiger partial charge on any atom is 0.0492 e. The van der Waals surface area contributed by atoms with Crippen molar-refractivity contribution in [1.82, 2.24) is 0 Å². The Bertz CT molecular complexity index is 551. The maximum absolute atomic E-state index is 6.21. The minimum atomic E-state index is 0.811. The summed E-state index contributed by atoms with van der Waals surface area (Å²) in [7, 11) is 0. The predicted molar refractivity (Wildman–Crippen MR) is 86.8 cm³/mol. The zero-order valence-corrected chi connectivity index (χ0v) is 13.3. The average Bonchev–Trinajstić information content (AvgIpc) is 2.85. The Morgan fingerprint density at radius 2 is 2.06 bits per heavy atom. The Labute approximate surface area is 125 Å². The van der Waals surface area contributed by atoms with Gasteiger partial charge in [-0.1, -0.05) is 58.2 Å². The second-order valence-corrected chi connectivity index (χ2v) is 6.05. The van der Waals surface area contributed by atoms with Crippen molar-refractivity contribution in [2.45, 2.75) is 13.3 Å². The van der Waals surface area contributed by atoms with E-state index in [-0.39, 0.29) is 0 Å². The Morgan fingerprint density at radius 1 is 1.28 bits per heavy atom. The van der Waals surface area contributed by atoms with Crippen LogP contribution in [0.25, 0.3) is 16.5 Å². The smallest absolute Gasteiger partial charge is 0.0492 e. The molecule has 2 rings (SSSR count). The van der Waals surface area contributed by atoms with Crippen molar-refractivity contribution in [3.63, 3.8) is 0 Å². The van der Waals surface area contributed by atoms with E-state index in [0.29, 0.717) is 0 Å². The van der Waals surface area contributed by atoms with E-state index in [1.807, 2.05) is 18.2 Å². The highest BCUT2D eigenvalue weighted by atomic mass is 79.9. The van der Waals surface area contributed by atoms with Crippen LogP contribution in [0.3, 0.4) is 0 Å². The van der Waals surface area contributed by atoms with Gasteiger partial charge in [-0.15, -0.1) is 11.3 Å². The molecule has 0 radical (unpaired) electrons. The topological polar surface area (TPSA) is 0 Å². The number of rotatable bonds is 4. The van der Waals surface area contributed by atoms with Gasteiger partial charge in [0, 0.05) is 25.7 Å². The molecule has 18 heavy (non-hydrogen) atoms. The molecule has 0 amide bonds. The molecule has 0 aliphatic rings. The molecule has 0 unspecified atom stereocenters. The van der Waals surface area contributed by atoms with Crippen molar-refractivity contribution in [1.29, 1.82) is 0 Å². The third-order valence-electron chi connectivity index (χ3n) is 2.74. The van der Waals surface area contributed by atoms with Crippen molar-refractivity contribution in [3.8, 4) is 10.4 Å². The first-order chi connectivity index (χ1) is 8.74. The van der Waals surface area contributed by atoms with Gasteiger partial charge in [0.1, 0.15) is 0 Å². The van der Waals surface area contributed by atoms with Crippen molar-refractivity contribution >= 4 is 44.9 Å². The Hall–Kier alpha value is -0.570. The van der Waals surface area contributed by atoms with Gasteiger partial charge in [0.25, 0.3) is 0 Å². The lowest BCUT2D eigenvalue weighted by Gasteiger charge is -1.99. The van der Waals surface area contributed by atoms with Crippen molar-refractivity contribution in [2.75, 3.05) is 5.33 Å². The van der Waals surface area contributed by atoms with Crippen LogP contribution in [0.2, 0.25) is 5.02 Å². The van der Waals surface area contributed by atoms with E-state index in [1.165, 1.54) is 15.3 Å². The van der Waals surface area contributed by atoms with Gasteiger partial charge in [0.2, 0.25) is 0 Å². The maximum atomic E-state index is 6.21. The first-order valence-corrected chi connectivity index (χ1v) is 8.16. The lowest BCUT2D eigenvalue weighted by molar-refractivity contribution is 1.13. The zero-order valence-electron chi connectivity index (χ0n) is 10.1. The summed E-state index contributed by atoms with van der Waals surface area (Å²) >= 11 is 11.5. The molecule has 0 nitrogen and oxygen atoms in total. The third-order valence-corrected chi connectivity index (χ3v) is 4.85. The monoisotopic (exact) mass is 340 g/mol. The fourth-order valence-electron chi connectivity index (χ4n) is 1.67. The molecule has 0 fully saturated rings. The highest BCUT2D eigenvalue weighted by molar-refractivity contribution is 9.09. The molecule has 0 atom stereocenters. The van der Waals surface area contributed by atoms with Crippen LogP contribution in [0.15, 0.2) is 42.0 Å². The summed E-state index contributed by atoms with van der Waals surface area (Å²) in [4.78, 5) is 2.50. The second-order valence-electron chi connectivity index (χ2n) is 3.97. The van der Waals surface area contributed by atoms with Crippen molar-refractivity contribution < 1.29 is 0 Å². The number of hydrogen-bond donors (Lipinski definition) is 0. The van der Waals surface area contributed by atoms with Gasteiger partial charge in [0.05, 0.1) is 0 Å². The average molecular weight is 342 g/mol. The summed E-state index contributed by atoms with van der Waals surface area (Å²) < 4.78 is 0. The van der Waals surface area contributed by atoms with Gasteiger partial charge in [0.15, 0.2) is 0 Å². The SMILES string of the molecule is CCC(=Cc1ccc(-c2ccccc2Cl)s1)CBr. The normalized spacial score (nSPS) is 11.8. The number of thiophene rings is 1. The zero-order chi connectivity index (χ0) is 13.0. The molecule has 1 aromatic heterocycles. The van der Waals surface area contributed by atoms with E-state index in [0.717, 1.165) is 22.3 Å². The highest BCUT2D eigenvalue weighted by Crippen LogP contribution is 2.34. The molecule has 0 saturated carbocycles. The van der Waals surface area contributed by atoms with Crippen LogP contribution in [0.5, 0.6) is 0 Å². The molecule has 94 valence electrons. The van der Waals surface area contributed by atoms with Crippen LogP contribution in [0.4, 0.5) is 0 Å². The lowest BCUT2D eigenvalue weighted by atomic mass is 10.2. The first-order valence-electron chi connectivity index (χ1n) is 5.84. The second kappa shape index (κ2) is 6.55. The van der Waals surface area contributed by atoms with Crippen molar-refractivity contribution in [2.24, 2.45) is 0 Å². The van der Waals surface area contributed by atoms with Gasteiger partial charge in [-0.2, -0.15) is 0 Å². The van der Waals surface area contributed by atoms with E-state index in [9.17, 15) is 0 Å². The van der Waals surface area contributed by atoms with Crippen LogP contribution >= 0.6 is 38.9 Å². The number of halogens is 2. The number of hydrogen-bond acceptors (Lipinski definition) is 1. The van der Waals surface area contributed by atoms with Crippen LogP contribution < -0.4 is 0 Å².